The number of likely N-dealkylation sites (tertiary alicyclic amines) is 1. The van der Waals surface area contributed by atoms with E-state index in [2.05, 4.69) is 5.32 Å². The van der Waals surface area contributed by atoms with E-state index in [1.165, 1.54) is 4.90 Å². The van der Waals surface area contributed by atoms with Crippen LogP contribution in [0.15, 0.2) is 30.3 Å². The van der Waals surface area contributed by atoms with E-state index in [-0.39, 0.29) is 9.99 Å². The molecule has 2 fully saturated rings. The number of carboxylic acids is 2. The zero-order valence-corrected chi connectivity index (χ0v) is 17.9. The molecule has 3 N–H and O–H groups in total. The molecule has 0 radical (unpaired) electrons. The van der Waals surface area contributed by atoms with Gasteiger partial charge in [0, 0.05) is 24.5 Å². The van der Waals surface area contributed by atoms with Gasteiger partial charge in [-0.15, -0.1) is 23.5 Å². The molecule has 2 aliphatic rings. The number of aryl methyl sites for hydroxylation is 1. The molecule has 0 bridgehead atoms. The number of hydrogen-bond donors (Lipinski definition) is 3. The fraction of sp³-hybridized carbons (Fsp3) is 0.550. The molecule has 1 aromatic carbocycles. The molecule has 3 atom stereocenters. The quantitative estimate of drug-likeness (QED) is 0.565. The number of carbonyl (C=O) groups is 3. The van der Waals surface area contributed by atoms with Gasteiger partial charge < -0.3 is 15.1 Å². The summed E-state index contributed by atoms with van der Waals surface area (Å²) in [6.07, 6.45) is 1.34. The lowest BCUT2D eigenvalue weighted by molar-refractivity contribution is -0.149. The largest absolute Gasteiger partial charge is 0.480 e. The van der Waals surface area contributed by atoms with Gasteiger partial charge in [0.2, 0.25) is 5.91 Å². The highest BCUT2D eigenvalue weighted by atomic mass is 32.2. The molecule has 2 aliphatic heterocycles. The highest BCUT2D eigenvalue weighted by Gasteiger charge is 2.52. The minimum Gasteiger partial charge on any atom is -0.480 e. The monoisotopic (exact) mass is 438 g/mol. The number of nitrogens with zero attached hydrogens (tertiary/aromatic N) is 1. The van der Waals surface area contributed by atoms with Crippen LogP contribution >= 0.6 is 23.5 Å². The van der Waals surface area contributed by atoms with Crippen LogP contribution in [0.5, 0.6) is 0 Å². The van der Waals surface area contributed by atoms with Crippen LogP contribution in [0.3, 0.4) is 0 Å². The molecule has 1 amide bonds. The van der Waals surface area contributed by atoms with Crippen LogP contribution in [0.2, 0.25) is 0 Å². The van der Waals surface area contributed by atoms with Crippen molar-refractivity contribution in [1.82, 2.24) is 10.2 Å². The third kappa shape index (κ3) is 5.26. The Balaban J connectivity index is 1.64. The molecule has 9 heteroatoms. The molecule has 1 aromatic rings. The number of benzene rings is 1. The number of thioether (sulfide) groups is 2. The zero-order valence-electron chi connectivity index (χ0n) is 16.2. The standard InChI is InChI=1S/C20H26N2O5S2/c1-13(21-15(18(24)25)8-7-14-5-3-2-4-6-14)17(23)22-12-20(28-9-10-29-20)11-16(22)19(26)27/h2-6,13,15-16,21H,7-12H2,1H3,(H,24,25)(H,26,27). The van der Waals surface area contributed by atoms with Crippen LogP contribution in [0.25, 0.3) is 0 Å². The zero-order chi connectivity index (χ0) is 21.0. The Morgan fingerprint density at radius 3 is 2.45 bits per heavy atom. The molecule has 158 valence electrons. The van der Waals surface area contributed by atoms with Gasteiger partial charge in [-0.05, 0) is 25.3 Å². The van der Waals surface area contributed by atoms with Crippen molar-refractivity contribution >= 4 is 41.4 Å². The van der Waals surface area contributed by atoms with E-state index in [0.717, 1.165) is 17.1 Å². The van der Waals surface area contributed by atoms with Gasteiger partial charge in [0.1, 0.15) is 12.1 Å². The van der Waals surface area contributed by atoms with Crippen LogP contribution in [0.4, 0.5) is 0 Å². The van der Waals surface area contributed by atoms with Crippen LogP contribution in [-0.2, 0) is 20.8 Å². The van der Waals surface area contributed by atoms with E-state index in [4.69, 9.17) is 0 Å². The number of hydrogen-bond acceptors (Lipinski definition) is 6. The fourth-order valence-electron chi connectivity index (χ4n) is 3.85. The summed E-state index contributed by atoms with van der Waals surface area (Å²) in [6.45, 7) is 1.99. The van der Waals surface area contributed by atoms with Gasteiger partial charge in [-0.3, -0.25) is 14.9 Å². The molecule has 0 aromatic heterocycles. The first-order valence-corrected chi connectivity index (χ1v) is 11.6. The molecular formula is C20H26N2O5S2. The Kier molecular flexibility index (Phi) is 7.13. The number of carbonyl (C=O) groups excluding carboxylic acids is 1. The van der Waals surface area contributed by atoms with Gasteiger partial charge in [0.15, 0.2) is 0 Å². The molecule has 0 aliphatic carbocycles. The summed E-state index contributed by atoms with van der Waals surface area (Å²) < 4.78 is -0.252. The first-order chi connectivity index (χ1) is 13.8. The number of amides is 1. The lowest BCUT2D eigenvalue weighted by Gasteiger charge is -2.28. The molecule has 2 saturated heterocycles. The van der Waals surface area contributed by atoms with Crippen molar-refractivity contribution < 1.29 is 24.6 Å². The van der Waals surface area contributed by atoms with Crippen LogP contribution in [0, 0.1) is 0 Å². The van der Waals surface area contributed by atoms with Gasteiger partial charge >= 0.3 is 11.9 Å². The van der Waals surface area contributed by atoms with Crippen molar-refractivity contribution in [2.24, 2.45) is 0 Å². The fourth-order valence-corrected chi connectivity index (χ4v) is 7.11. The van der Waals surface area contributed by atoms with Gasteiger partial charge in [-0.25, -0.2) is 4.79 Å². The van der Waals surface area contributed by atoms with Gasteiger partial charge in [0.05, 0.1) is 10.1 Å². The average Bonchev–Trinajstić information content (AvgIpc) is 3.32. The summed E-state index contributed by atoms with van der Waals surface area (Å²) in [7, 11) is 0. The summed E-state index contributed by atoms with van der Waals surface area (Å²) in [5.74, 6) is -0.473. The van der Waals surface area contributed by atoms with E-state index in [9.17, 15) is 24.6 Å². The number of aliphatic carboxylic acids is 2. The highest BCUT2D eigenvalue weighted by Crippen LogP contribution is 2.51. The summed E-state index contributed by atoms with van der Waals surface area (Å²) in [5.41, 5.74) is 1.03. The molecule has 7 nitrogen and oxygen atoms in total. The predicted molar refractivity (Wildman–Crippen MR) is 114 cm³/mol. The minimum absolute atomic E-state index is 0.252. The lowest BCUT2D eigenvalue weighted by atomic mass is 10.0. The lowest BCUT2D eigenvalue weighted by Crippen LogP contribution is -2.53. The van der Waals surface area contributed by atoms with E-state index in [1.54, 1.807) is 30.4 Å². The Labute approximate surface area is 178 Å². The van der Waals surface area contributed by atoms with E-state index >= 15 is 0 Å². The minimum atomic E-state index is -1.02. The number of carboxylic acid groups (broad SMARTS) is 2. The number of rotatable bonds is 8. The molecule has 0 saturated carbocycles. The highest BCUT2D eigenvalue weighted by molar-refractivity contribution is 8.21. The maximum atomic E-state index is 13.0. The Hall–Kier alpha value is -1.71. The third-order valence-electron chi connectivity index (χ3n) is 5.36. The van der Waals surface area contributed by atoms with Crippen LogP contribution in [-0.4, -0.2) is 73.2 Å². The van der Waals surface area contributed by atoms with E-state index in [0.29, 0.717) is 25.8 Å². The first-order valence-electron chi connectivity index (χ1n) is 9.65. The molecule has 3 rings (SSSR count). The third-order valence-corrected chi connectivity index (χ3v) is 8.78. The van der Waals surface area contributed by atoms with Gasteiger partial charge in [-0.2, -0.15) is 0 Å². The van der Waals surface area contributed by atoms with Crippen molar-refractivity contribution in [1.29, 1.82) is 0 Å². The summed E-state index contributed by atoms with van der Waals surface area (Å²) in [4.78, 5) is 37.9. The van der Waals surface area contributed by atoms with Crippen LogP contribution in [0.1, 0.15) is 25.3 Å². The second kappa shape index (κ2) is 9.40. The Morgan fingerprint density at radius 1 is 1.21 bits per heavy atom. The predicted octanol–water partition coefficient (Wildman–Crippen LogP) is 1.91. The van der Waals surface area contributed by atoms with Gasteiger partial charge in [-0.1, -0.05) is 30.3 Å². The van der Waals surface area contributed by atoms with Gasteiger partial charge in [0.25, 0.3) is 0 Å². The van der Waals surface area contributed by atoms with E-state index < -0.39 is 30.1 Å². The van der Waals surface area contributed by atoms with Crippen molar-refractivity contribution in [3.63, 3.8) is 0 Å². The second-order valence-electron chi connectivity index (χ2n) is 7.44. The van der Waals surface area contributed by atoms with E-state index in [1.807, 2.05) is 30.3 Å². The van der Waals surface area contributed by atoms with Crippen molar-refractivity contribution in [2.75, 3.05) is 18.1 Å². The topological polar surface area (TPSA) is 107 Å². The molecular weight excluding hydrogens is 412 g/mol. The summed E-state index contributed by atoms with van der Waals surface area (Å²) in [5, 5.41) is 22.1. The normalized spacial score (nSPS) is 22.5. The van der Waals surface area contributed by atoms with Crippen molar-refractivity contribution in [2.45, 2.75) is 48.4 Å². The smallest absolute Gasteiger partial charge is 0.326 e. The molecule has 3 unspecified atom stereocenters. The van der Waals surface area contributed by atoms with Crippen LogP contribution < -0.4 is 5.32 Å². The molecule has 1 spiro atoms. The first kappa shape index (κ1) is 22.0. The maximum absolute atomic E-state index is 13.0. The maximum Gasteiger partial charge on any atom is 0.326 e. The number of nitrogens with one attached hydrogen (secondary N) is 1. The summed E-state index contributed by atoms with van der Waals surface area (Å²) >= 11 is 3.44. The van der Waals surface area contributed by atoms with Crippen molar-refractivity contribution in [3.05, 3.63) is 35.9 Å². The van der Waals surface area contributed by atoms with Crippen molar-refractivity contribution in [3.8, 4) is 0 Å². The Morgan fingerprint density at radius 2 is 1.86 bits per heavy atom. The Bertz CT molecular complexity index is 754. The molecule has 2 heterocycles. The molecule has 29 heavy (non-hydrogen) atoms. The SMILES string of the molecule is CC(NC(CCc1ccccc1)C(=O)O)C(=O)N1CC2(CC1C(=O)O)SCCS2. The second-order valence-corrected chi connectivity index (χ2v) is 10.7. The summed E-state index contributed by atoms with van der Waals surface area (Å²) in [6, 6.07) is 7.05. The average molecular weight is 439 g/mol.